The van der Waals surface area contributed by atoms with E-state index < -0.39 is 10.9 Å². The normalized spacial score (nSPS) is 11.1. The van der Waals surface area contributed by atoms with Crippen LogP contribution in [0.3, 0.4) is 0 Å². The van der Waals surface area contributed by atoms with Crippen LogP contribution in [0.2, 0.25) is 0 Å². The van der Waals surface area contributed by atoms with Crippen LogP contribution in [0.15, 0.2) is 54.1 Å². The number of nitrogens with zero attached hydrogens (tertiary/aromatic N) is 1. The Morgan fingerprint density at radius 2 is 1.96 bits per heavy atom. The van der Waals surface area contributed by atoms with E-state index in [1.807, 2.05) is 30.3 Å². The van der Waals surface area contributed by atoms with E-state index >= 15 is 0 Å². The average Bonchev–Trinajstić information content (AvgIpc) is 2.53. The lowest BCUT2D eigenvalue weighted by Crippen LogP contribution is -2.06. The molecule has 0 radical (unpaired) electrons. The number of esters is 1. The highest BCUT2D eigenvalue weighted by Gasteiger charge is 2.14. The van der Waals surface area contributed by atoms with Crippen molar-refractivity contribution in [2.75, 3.05) is 0 Å². The van der Waals surface area contributed by atoms with Crippen molar-refractivity contribution in [2.24, 2.45) is 0 Å². The summed E-state index contributed by atoms with van der Waals surface area (Å²) in [5, 5.41) is 20.4. The van der Waals surface area contributed by atoms with Crippen molar-refractivity contribution in [3.05, 3.63) is 75.3 Å². The number of ether oxygens (including phenoxy) is 1. The summed E-state index contributed by atoms with van der Waals surface area (Å²) in [5.74, 6) is -0.696. The summed E-state index contributed by atoms with van der Waals surface area (Å²) in [6, 6.07) is 12.8. The zero-order valence-corrected chi connectivity index (χ0v) is 12.4. The Morgan fingerprint density at radius 3 is 2.61 bits per heavy atom. The lowest BCUT2D eigenvalue weighted by Gasteiger charge is -2.05. The third kappa shape index (κ3) is 4.41. The van der Waals surface area contributed by atoms with Gasteiger partial charge in [-0.3, -0.25) is 10.1 Å². The van der Waals surface area contributed by atoms with Gasteiger partial charge in [-0.05, 0) is 30.7 Å². The summed E-state index contributed by atoms with van der Waals surface area (Å²) in [6.45, 7) is 1.62. The SMILES string of the molecule is C/C(=C\c1cc(O)ccc1[N+](=O)[O-])C(=O)OCc1ccccc1. The molecule has 6 nitrogen and oxygen atoms in total. The summed E-state index contributed by atoms with van der Waals surface area (Å²) in [4.78, 5) is 22.4. The number of nitro groups is 1. The second-order valence-electron chi connectivity index (χ2n) is 4.89. The van der Waals surface area contributed by atoms with E-state index in [0.29, 0.717) is 0 Å². The van der Waals surface area contributed by atoms with E-state index in [-0.39, 0.29) is 29.2 Å². The predicted octanol–water partition coefficient (Wildman–Crippen LogP) is 3.45. The molecule has 2 aromatic carbocycles. The Balaban J connectivity index is 2.14. The molecule has 2 aromatic rings. The maximum Gasteiger partial charge on any atom is 0.334 e. The molecule has 1 N–H and O–H groups in total. The van der Waals surface area contributed by atoms with Gasteiger partial charge in [-0.25, -0.2) is 4.79 Å². The van der Waals surface area contributed by atoms with Crippen molar-refractivity contribution in [2.45, 2.75) is 13.5 Å². The third-order valence-electron chi connectivity index (χ3n) is 3.11. The first-order valence-corrected chi connectivity index (χ1v) is 6.84. The summed E-state index contributed by atoms with van der Waals surface area (Å²) >= 11 is 0. The standard InChI is InChI=1S/C17H15NO5/c1-12(17(20)23-11-13-5-3-2-4-6-13)9-14-10-15(19)7-8-16(14)18(21)22/h2-10,19H,11H2,1H3/b12-9+. The fourth-order valence-electron chi connectivity index (χ4n) is 1.95. The number of aromatic hydroxyl groups is 1. The Labute approximate surface area is 132 Å². The van der Waals surface area contributed by atoms with Crippen molar-refractivity contribution in [1.29, 1.82) is 0 Å². The summed E-state index contributed by atoms with van der Waals surface area (Å²) < 4.78 is 5.15. The zero-order valence-electron chi connectivity index (χ0n) is 12.4. The quantitative estimate of drug-likeness (QED) is 0.395. The Hall–Kier alpha value is -3.15. The molecule has 23 heavy (non-hydrogen) atoms. The summed E-state index contributed by atoms with van der Waals surface area (Å²) in [7, 11) is 0. The predicted molar refractivity (Wildman–Crippen MR) is 84.7 cm³/mol. The van der Waals surface area contributed by atoms with Crippen LogP contribution in [0, 0.1) is 10.1 Å². The minimum absolute atomic E-state index is 0.118. The molecule has 0 aliphatic carbocycles. The Bertz CT molecular complexity index is 753. The first-order valence-electron chi connectivity index (χ1n) is 6.84. The van der Waals surface area contributed by atoms with Gasteiger partial charge in [0, 0.05) is 11.6 Å². The molecule has 2 rings (SSSR count). The van der Waals surface area contributed by atoms with Crippen LogP contribution in [0.1, 0.15) is 18.1 Å². The monoisotopic (exact) mass is 313 g/mol. The maximum absolute atomic E-state index is 12.0. The van der Waals surface area contributed by atoms with Gasteiger partial charge in [0.25, 0.3) is 5.69 Å². The molecule has 0 unspecified atom stereocenters. The highest BCUT2D eigenvalue weighted by atomic mass is 16.6. The van der Waals surface area contributed by atoms with Crippen molar-refractivity contribution in [1.82, 2.24) is 0 Å². The van der Waals surface area contributed by atoms with Crippen LogP contribution < -0.4 is 0 Å². The minimum Gasteiger partial charge on any atom is -0.508 e. The third-order valence-corrected chi connectivity index (χ3v) is 3.11. The van der Waals surface area contributed by atoms with E-state index in [0.717, 1.165) is 5.56 Å². The van der Waals surface area contributed by atoms with Gasteiger partial charge in [0.05, 0.1) is 10.5 Å². The fourth-order valence-corrected chi connectivity index (χ4v) is 1.95. The number of carbonyl (C=O) groups excluding carboxylic acids is 1. The minimum atomic E-state index is -0.577. The van der Waals surface area contributed by atoms with Gasteiger partial charge in [-0.1, -0.05) is 30.3 Å². The van der Waals surface area contributed by atoms with Gasteiger partial charge in [-0.2, -0.15) is 0 Å². The lowest BCUT2D eigenvalue weighted by molar-refractivity contribution is -0.385. The molecule has 6 heteroatoms. The second-order valence-corrected chi connectivity index (χ2v) is 4.89. The highest BCUT2D eigenvalue weighted by molar-refractivity contribution is 5.93. The molecule has 0 fully saturated rings. The summed E-state index contributed by atoms with van der Waals surface area (Å²) in [5.41, 5.74) is 0.994. The van der Waals surface area contributed by atoms with Gasteiger partial charge in [0.15, 0.2) is 0 Å². The molecular formula is C17H15NO5. The van der Waals surface area contributed by atoms with Crippen molar-refractivity contribution >= 4 is 17.7 Å². The second kappa shape index (κ2) is 7.22. The van der Waals surface area contributed by atoms with Crippen molar-refractivity contribution < 1.29 is 19.6 Å². The average molecular weight is 313 g/mol. The molecule has 0 saturated heterocycles. The Morgan fingerprint density at radius 1 is 1.26 bits per heavy atom. The van der Waals surface area contributed by atoms with Crippen LogP contribution in [0.25, 0.3) is 6.08 Å². The van der Waals surface area contributed by atoms with Crippen molar-refractivity contribution in [3.8, 4) is 5.75 Å². The van der Waals surface area contributed by atoms with E-state index in [2.05, 4.69) is 0 Å². The molecule has 0 amide bonds. The van der Waals surface area contributed by atoms with E-state index in [4.69, 9.17) is 4.74 Å². The van der Waals surface area contributed by atoms with E-state index in [1.54, 1.807) is 0 Å². The number of rotatable bonds is 5. The van der Waals surface area contributed by atoms with Crippen LogP contribution in [0.4, 0.5) is 5.69 Å². The molecule has 0 aliphatic heterocycles. The number of hydrogen-bond acceptors (Lipinski definition) is 5. The largest absolute Gasteiger partial charge is 0.508 e. The molecule has 118 valence electrons. The Kier molecular flexibility index (Phi) is 5.09. The molecule has 0 aliphatic rings. The smallest absolute Gasteiger partial charge is 0.334 e. The topological polar surface area (TPSA) is 89.7 Å². The van der Waals surface area contributed by atoms with Crippen molar-refractivity contribution in [3.63, 3.8) is 0 Å². The molecule has 0 spiro atoms. The number of nitro benzene ring substituents is 1. The molecular weight excluding hydrogens is 298 g/mol. The molecule has 0 bridgehead atoms. The number of benzene rings is 2. The fraction of sp³-hybridized carbons (Fsp3) is 0.118. The first-order chi connectivity index (χ1) is 11.0. The van der Waals surface area contributed by atoms with Gasteiger partial charge in [-0.15, -0.1) is 0 Å². The molecule has 0 aromatic heterocycles. The molecule has 0 heterocycles. The number of phenolic OH excluding ortho intramolecular Hbond substituents is 1. The van der Waals surface area contributed by atoms with Gasteiger partial charge in [0.1, 0.15) is 12.4 Å². The highest BCUT2D eigenvalue weighted by Crippen LogP contribution is 2.25. The number of hydrogen-bond donors (Lipinski definition) is 1. The van der Waals surface area contributed by atoms with Gasteiger partial charge < -0.3 is 9.84 Å². The zero-order chi connectivity index (χ0) is 16.8. The number of phenols is 1. The summed E-state index contributed by atoms with van der Waals surface area (Å²) in [6.07, 6.45) is 1.32. The van der Waals surface area contributed by atoms with E-state index in [9.17, 15) is 20.0 Å². The van der Waals surface area contributed by atoms with Gasteiger partial charge >= 0.3 is 5.97 Å². The molecule has 0 atom stereocenters. The van der Waals surface area contributed by atoms with E-state index in [1.165, 1.54) is 31.2 Å². The van der Waals surface area contributed by atoms with Crippen LogP contribution in [0.5, 0.6) is 5.75 Å². The lowest BCUT2D eigenvalue weighted by atomic mass is 10.1. The number of carbonyl (C=O) groups is 1. The maximum atomic E-state index is 12.0. The molecule has 0 saturated carbocycles. The van der Waals surface area contributed by atoms with Crippen LogP contribution >= 0.6 is 0 Å². The van der Waals surface area contributed by atoms with Gasteiger partial charge in [0.2, 0.25) is 0 Å². The first kappa shape index (κ1) is 16.2. The van der Waals surface area contributed by atoms with Crippen LogP contribution in [-0.2, 0) is 16.1 Å². The van der Waals surface area contributed by atoms with Crippen LogP contribution in [-0.4, -0.2) is 16.0 Å².